The predicted molar refractivity (Wildman–Crippen MR) is 89.2 cm³/mol. The number of aryl methyl sites for hydroxylation is 1. The van der Waals surface area contributed by atoms with Crippen LogP contribution in [0.1, 0.15) is 35.6 Å². The molecule has 0 bridgehead atoms. The van der Waals surface area contributed by atoms with Crippen LogP contribution in [0.2, 0.25) is 0 Å². The van der Waals surface area contributed by atoms with E-state index in [0.29, 0.717) is 6.42 Å². The summed E-state index contributed by atoms with van der Waals surface area (Å²) in [6.45, 7) is 0. The summed E-state index contributed by atoms with van der Waals surface area (Å²) >= 11 is 0. The fraction of sp³-hybridized carbons (Fsp3) is 0.316. The van der Waals surface area contributed by atoms with E-state index >= 15 is 0 Å². The molecule has 1 heterocycles. The highest BCUT2D eigenvalue weighted by molar-refractivity contribution is 5.83. The molecule has 23 heavy (non-hydrogen) atoms. The van der Waals surface area contributed by atoms with Gasteiger partial charge in [0, 0.05) is 12.1 Å². The van der Waals surface area contributed by atoms with Crippen molar-refractivity contribution in [3.63, 3.8) is 0 Å². The Morgan fingerprint density at radius 1 is 1.17 bits per heavy atom. The van der Waals surface area contributed by atoms with Crippen LogP contribution in [0.5, 0.6) is 5.75 Å². The average molecular weight is 308 g/mol. The van der Waals surface area contributed by atoms with E-state index < -0.39 is 6.10 Å². The van der Waals surface area contributed by atoms with Crippen LogP contribution < -0.4 is 15.8 Å². The van der Waals surface area contributed by atoms with Crippen molar-refractivity contribution in [3.8, 4) is 5.75 Å². The van der Waals surface area contributed by atoms with Gasteiger partial charge in [0.05, 0.1) is 6.04 Å². The zero-order chi connectivity index (χ0) is 15.8. The van der Waals surface area contributed by atoms with Crippen molar-refractivity contribution >= 4 is 11.6 Å². The lowest BCUT2D eigenvalue weighted by Crippen LogP contribution is -2.40. The van der Waals surface area contributed by atoms with Gasteiger partial charge in [0.25, 0.3) is 5.91 Å². The van der Waals surface area contributed by atoms with Crippen molar-refractivity contribution in [2.75, 3.05) is 5.73 Å². The summed E-state index contributed by atoms with van der Waals surface area (Å²) < 4.78 is 5.79. The average Bonchev–Trinajstić information content (AvgIpc) is 2.99. The van der Waals surface area contributed by atoms with Crippen LogP contribution in [0.4, 0.5) is 5.69 Å². The Bertz CT molecular complexity index is 732. The Hall–Kier alpha value is -2.49. The van der Waals surface area contributed by atoms with Crippen molar-refractivity contribution in [2.45, 2.75) is 37.8 Å². The number of ether oxygens (including phenoxy) is 1. The number of para-hydroxylation sites is 1. The summed E-state index contributed by atoms with van der Waals surface area (Å²) in [4.78, 5) is 12.6. The van der Waals surface area contributed by atoms with Gasteiger partial charge in [0.2, 0.25) is 0 Å². The summed E-state index contributed by atoms with van der Waals surface area (Å²) in [6, 6.07) is 13.9. The zero-order valence-electron chi connectivity index (χ0n) is 12.9. The van der Waals surface area contributed by atoms with E-state index in [1.165, 1.54) is 11.1 Å². The largest absolute Gasteiger partial charge is 0.480 e. The second-order valence-corrected chi connectivity index (χ2v) is 6.33. The smallest absolute Gasteiger partial charge is 0.261 e. The minimum Gasteiger partial charge on any atom is -0.480 e. The van der Waals surface area contributed by atoms with E-state index in [2.05, 4.69) is 5.32 Å². The summed E-state index contributed by atoms with van der Waals surface area (Å²) in [7, 11) is 0. The van der Waals surface area contributed by atoms with Crippen LogP contribution in [-0.2, 0) is 17.6 Å². The van der Waals surface area contributed by atoms with Gasteiger partial charge in [-0.1, -0.05) is 24.3 Å². The van der Waals surface area contributed by atoms with Crippen LogP contribution in [0.15, 0.2) is 42.5 Å². The lowest BCUT2D eigenvalue weighted by molar-refractivity contribution is -0.128. The third-order valence-electron chi connectivity index (χ3n) is 4.74. The molecule has 2 atom stereocenters. The minimum absolute atomic E-state index is 0.0316. The van der Waals surface area contributed by atoms with Gasteiger partial charge in [-0.3, -0.25) is 4.79 Å². The number of nitrogens with one attached hydrogen (secondary N) is 1. The quantitative estimate of drug-likeness (QED) is 0.839. The van der Waals surface area contributed by atoms with Crippen LogP contribution >= 0.6 is 0 Å². The number of benzene rings is 2. The molecule has 0 saturated heterocycles. The second-order valence-electron chi connectivity index (χ2n) is 6.33. The van der Waals surface area contributed by atoms with Crippen LogP contribution in [0, 0.1) is 0 Å². The van der Waals surface area contributed by atoms with Crippen LogP contribution in [0.25, 0.3) is 0 Å². The van der Waals surface area contributed by atoms with Crippen molar-refractivity contribution in [2.24, 2.45) is 0 Å². The Morgan fingerprint density at radius 3 is 2.91 bits per heavy atom. The highest BCUT2D eigenvalue weighted by Crippen LogP contribution is 2.32. The highest BCUT2D eigenvalue weighted by atomic mass is 16.5. The van der Waals surface area contributed by atoms with Gasteiger partial charge in [-0.2, -0.15) is 0 Å². The molecule has 4 heteroatoms. The van der Waals surface area contributed by atoms with Gasteiger partial charge >= 0.3 is 0 Å². The summed E-state index contributed by atoms with van der Waals surface area (Å²) in [5, 5.41) is 3.17. The minimum atomic E-state index is -0.424. The second kappa shape index (κ2) is 5.61. The van der Waals surface area contributed by atoms with E-state index in [1.54, 1.807) is 0 Å². The van der Waals surface area contributed by atoms with Gasteiger partial charge < -0.3 is 15.8 Å². The Labute approximate surface area is 135 Å². The van der Waals surface area contributed by atoms with Gasteiger partial charge in [-0.05, 0) is 54.2 Å². The third kappa shape index (κ3) is 2.65. The number of anilines is 1. The molecule has 2 aromatic carbocycles. The predicted octanol–water partition coefficient (Wildman–Crippen LogP) is 2.77. The standard InChI is InChI=1S/C19H20N2O2/c20-14-8-9-15-12(10-14)5-3-6-16(15)21-19(22)18-11-13-4-1-2-7-17(13)23-18/h1-2,4,7-10,16,18H,3,5-6,11,20H2,(H,21,22). The molecule has 4 rings (SSSR count). The van der Waals surface area contributed by atoms with Gasteiger partial charge in [-0.15, -0.1) is 0 Å². The van der Waals surface area contributed by atoms with Crippen LogP contribution in [-0.4, -0.2) is 12.0 Å². The molecule has 3 N–H and O–H groups in total. The number of carbonyl (C=O) groups excluding carboxylic acids is 1. The topological polar surface area (TPSA) is 64.3 Å². The zero-order valence-corrected chi connectivity index (χ0v) is 12.9. The lowest BCUT2D eigenvalue weighted by Gasteiger charge is -2.27. The lowest BCUT2D eigenvalue weighted by atomic mass is 9.87. The van der Waals surface area contributed by atoms with Crippen molar-refractivity contribution in [1.82, 2.24) is 5.32 Å². The summed E-state index contributed by atoms with van der Waals surface area (Å²) in [5.41, 5.74) is 10.2. The maximum Gasteiger partial charge on any atom is 0.261 e. The molecule has 0 radical (unpaired) electrons. The Balaban J connectivity index is 1.49. The molecule has 0 saturated carbocycles. The molecule has 2 aromatic rings. The normalized spacial score (nSPS) is 21.9. The Morgan fingerprint density at radius 2 is 2.04 bits per heavy atom. The first-order valence-electron chi connectivity index (χ1n) is 8.14. The molecule has 0 fully saturated rings. The van der Waals surface area contributed by atoms with Crippen LogP contribution in [0.3, 0.4) is 0 Å². The molecule has 2 unspecified atom stereocenters. The van der Waals surface area contributed by atoms with E-state index in [0.717, 1.165) is 36.3 Å². The van der Waals surface area contributed by atoms with Crippen molar-refractivity contribution < 1.29 is 9.53 Å². The van der Waals surface area contributed by atoms with E-state index in [1.807, 2.05) is 42.5 Å². The Kier molecular flexibility index (Phi) is 3.45. The molecule has 1 aliphatic carbocycles. The van der Waals surface area contributed by atoms with Gasteiger partial charge in [-0.25, -0.2) is 0 Å². The number of fused-ring (bicyclic) bond motifs is 2. The third-order valence-corrected chi connectivity index (χ3v) is 4.74. The maximum absolute atomic E-state index is 12.6. The first-order chi connectivity index (χ1) is 11.2. The summed E-state index contributed by atoms with van der Waals surface area (Å²) in [5.74, 6) is 0.792. The van der Waals surface area contributed by atoms with Crippen molar-refractivity contribution in [1.29, 1.82) is 0 Å². The van der Waals surface area contributed by atoms with E-state index in [4.69, 9.17) is 10.5 Å². The molecule has 4 nitrogen and oxygen atoms in total. The first kappa shape index (κ1) is 14.1. The molecular formula is C19H20N2O2. The fourth-order valence-corrected chi connectivity index (χ4v) is 3.58. The number of hydrogen-bond acceptors (Lipinski definition) is 3. The van der Waals surface area contributed by atoms with E-state index in [9.17, 15) is 4.79 Å². The fourth-order valence-electron chi connectivity index (χ4n) is 3.58. The molecular weight excluding hydrogens is 288 g/mol. The summed E-state index contributed by atoms with van der Waals surface area (Å²) in [6.07, 6.45) is 3.27. The maximum atomic E-state index is 12.6. The molecule has 2 aliphatic rings. The number of amides is 1. The SMILES string of the molecule is Nc1ccc2c(c1)CCCC2NC(=O)C1Cc2ccccc2O1. The monoisotopic (exact) mass is 308 g/mol. The number of rotatable bonds is 2. The highest BCUT2D eigenvalue weighted by Gasteiger charge is 2.31. The van der Waals surface area contributed by atoms with Gasteiger partial charge in [0.15, 0.2) is 6.10 Å². The van der Waals surface area contributed by atoms with Crippen molar-refractivity contribution in [3.05, 3.63) is 59.2 Å². The molecule has 1 amide bonds. The number of carbonyl (C=O) groups is 1. The molecule has 118 valence electrons. The molecule has 0 spiro atoms. The van der Waals surface area contributed by atoms with Gasteiger partial charge in [0.1, 0.15) is 5.75 Å². The van der Waals surface area contributed by atoms with E-state index in [-0.39, 0.29) is 11.9 Å². The number of nitrogen functional groups attached to an aromatic ring is 1. The molecule has 1 aliphatic heterocycles. The number of hydrogen-bond donors (Lipinski definition) is 2. The first-order valence-corrected chi connectivity index (χ1v) is 8.14. The number of nitrogens with two attached hydrogens (primary N) is 1. The molecule has 0 aromatic heterocycles.